The van der Waals surface area contributed by atoms with Crippen LogP contribution in [0.15, 0.2) is 0 Å². The van der Waals surface area contributed by atoms with Gasteiger partial charge in [-0.2, -0.15) is 0 Å². The Morgan fingerprint density at radius 3 is 1.71 bits per heavy atom. The van der Waals surface area contributed by atoms with E-state index in [2.05, 4.69) is 0 Å². The van der Waals surface area contributed by atoms with Crippen LogP contribution in [0.25, 0.3) is 0 Å². The van der Waals surface area contributed by atoms with E-state index in [9.17, 15) is 14.7 Å². The second-order valence-corrected chi connectivity index (χ2v) is 6.54. The highest BCUT2D eigenvalue weighted by molar-refractivity contribution is 5.71. The molecule has 0 aromatic carbocycles. The van der Waals surface area contributed by atoms with Gasteiger partial charge in [-0.25, -0.2) is 0 Å². The van der Waals surface area contributed by atoms with Crippen molar-refractivity contribution in [2.45, 2.75) is 84.7 Å². The summed E-state index contributed by atoms with van der Waals surface area (Å²) in [6.07, 6.45) is 2.31. The first-order valence-corrected chi connectivity index (χ1v) is 10.3. The van der Waals surface area contributed by atoms with Crippen LogP contribution in [-0.4, -0.2) is 60.7 Å². The van der Waals surface area contributed by atoms with Crippen LogP contribution in [0.5, 0.6) is 0 Å². The van der Waals surface area contributed by atoms with Gasteiger partial charge in [-0.05, 0) is 39.5 Å². The van der Waals surface area contributed by atoms with Crippen molar-refractivity contribution < 1.29 is 38.7 Å². The normalized spacial score (nSPS) is 13.0. The summed E-state index contributed by atoms with van der Waals surface area (Å²) in [6.45, 7) is 8.76. The molecule has 8 heteroatoms. The Hall–Kier alpha value is -1.22. The van der Waals surface area contributed by atoms with Crippen molar-refractivity contribution >= 4 is 11.9 Å². The Morgan fingerprint density at radius 1 is 0.857 bits per heavy atom. The maximum Gasteiger partial charge on any atom is 0.312 e. The Balaban J connectivity index is 5.91. The van der Waals surface area contributed by atoms with Crippen LogP contribution >= 0.6 is 0 Å². The first-order chi connectivity index (χ1) is 13.4. The molecule has 0 aliphatic rings. The summed E-state index contributed by atoms with van der Waals surface area (Å²) >= 11 is 0. The summed E-state index contributed by atoms with van der Waals surface area (Å²) in [6, 6.07) is 0. The van der Waals surface area contributed by atoms with Gasteiger partial charge in [0.15, 0.2) is 0 Å². The molecule has 0 saturated carbocycles. The topological polar surface area (TPSA) is 112 Å². The fourth-order valence-electron chi connectivity index (χ4n) is 2.83. The number of ether oxygens (including phenoxy) is 4. The molecule has 0 radical (unpaired) electrons. The van der Waals surface area contributed by atoms with Gasteiger partial charge in [-0.1, -0.05) is 26.7 Å². The smallest absolute Gasteiger partial charge is 0.312 e. The standard InChI is InChI=1S/C20H38O8/c1-5-9-14-27-20(28-15-10-6-2,19(25-7-3)26-8-4)16(18(23)24)12-11-13-17(21)22/h16,19H,5-15H2,1-4H3,(H,21,22)(H,23,24). The van der Waals surface area contributed by atoms with Gasteiger partial charge in [0, 0.05) is 19.6 Å². The molecule has 0 fully saturated rings. The maximum atomic E-state index is 12.2. The Kier molecular flexibility index (Phi) is 15.0. The molecule has 0 heterocycles. The van der Waals surface area contributed by atoms with Gasteiger partial charge in [0.05, 0.1) is 13.2 Å². The summed E-state index contributed by atoms with van der Waals surface area (Å²) in [5.74, 6) is -4.85. The SMILES string of the molecule is CCCCOC(OCCCC)(C(OCC)OCC)C(CCCC(=O)O)C(=O)O. The molecule has 0 amide bonds. The molecule has 0 spiro atoms. The number of carbonyl (C=O) groups is 2. The largest absolute Gasteiger partial charge is 0.481 e. The van der Waals surface area contributed by atoms with Crippen molar-refractivity contribution in [1.29, 1.82) is 0 Å². The summed E-state index contributed by atoms with van der Waals surface area (Å²) in [4.78, 5) is 23.1. The minimum atomic E-state index is -1.64. The van der Waals surface area contributed by atoms with Gasteiger partial charge in [0.25, 0.3) is 0 Å². The van der Waals surface area contributed by atoms with Crippen LogP contribution in [-0.2, 0) is 28.5 Å². The van der Waals surface area contributed by atoms with Crippen molar-refractivity contribution in [1.82, 2.24) is 0 Å². The molecule has 0 aromatic heterocycles. The van der Waals surface area contributed by atoms with E-state index in [0.717, 1.165) is 25.7 Å². The van der Waals surface area contributed by atoms with E-state index in [4.69, 9.17) is 24.1 Å². The first-order valence-electron chi connectivity index (χ1n) is 10.3. The third-order valence-corrected chi connectivity index (χ3v) is 4.28. The zero-order valence-corrected chi connectivity index (χ0v) is 17.8. The quantitative estimate of drug-likeness (QED) is 0.247. The number of carboxylic acid groups (broad SMARTS) is 2. The lowest BCUT2D eigenvalue weighted by atomic mass is 9.91. The third kappa shape index (κ3) is 9.32. The fraction of sp³-hybridized carbons (Fsp3) is 0.900. The molecule has 0 aromatic rings. The van der Waals surface area contributed by atoms with Crippen LogP contribution in [0.2, 0.25) is 0 Å². The zero-order chi connectivity index (χ0) is 21.4. The molecule has 28 heavy (non-hydrogen) atoms. The Morgan fingerprint density at radius 2 is 1.36 bits per heavy atom. The number of unbranched alkanes of at least 4 members (excludes halogenated alkanes) is 2. The van der Waals surface area contributed by atoms with Crippen molar-refractivity contribution in [2.75, 3.05) is 26.4 Å². The Bertz CT molecular complexity index is 410. The molecule has 0 rings (SSSR count). The second-order valence-electron chi connectivity index (χ2n) is 6.54. The highest BCUT2D eigenvalue weighted by atomic mass is 16.8. The average molecular weight is 407 g/mol. The van der Waals surface area contributed by atoms with Crippen LogP contribution in [0.4, 0.5) is 0 Å². The van der Waals surface area contributed by atoms with Crippen molar-refractivity contribution in [3.8, 4) is 0 Å². The molecule has 8 nitrogen and oxygen atoms in total. The number of hydrogen-bond donors (Lipinski definition) is 2. The van der Waals surface area contributed by atoms with Gasteiger partial charge in [0.2, 0.25) is 12.1 Å². The fourth-order valence-corrected chi connectivity index (χ4v) is 2.83. The molecule has 0 aliphatic carbocycles. The van der Waals surface area contributed by atoms with Gasteiger partial charge in [-0.15, -0.1) is 0 Å². The van der Waals surface area contributed by atoms with Gasteiger partial charge < -0.3 is 29.2 Å². The second kappa shape index (κ2) is 15.7. The third-order valence-electron chi connectivity index (χ3n) is 4.28. The lowest BCUT2D eigenvalue weighted by molar-refractivity contribution is -0.369. The van der Waals surface area contributed by atoms with Crippen molar-refractivity contribution in [3.63, 3.8) is 0 Å². The zero-order valence-electron chi connectivity index (χ0n) is 17.8. The Labute approximate surface area is 168 Å². The molecule has 2 N–H and O–H groups in total. The molecule has 0 saturated heterocycles. The predicted molar refractivity (Wildman–Crippen MR) is 104 cm³/mol. The van der Waals surface area contributed by atoms with E-state index < -0.39 is 29.9 Å². The first kappa shape index (κ1) is 26.8. The van der Waals surface area contributed by atoms with Crippen LogP contribution in [0, 0.1) is 5.92 Å². The monoisotopic (exact) mass is 406 g/mol. The molecule has 166 valence electrons. The summed E-state index contributed by atoms with van der Waals surface area (Å²) < 4.78 is 23.6. The maximum absolute atomic E-state index is 12.2. The highest BCUT2D eigenvalue weighted by Gasteiger charge is 2.53. The van der Waals surface area contributed by atoms with Gasteiger partial charge in [-0.3, -0.25) is 9.59 Å². The predicted octanol–water partition coefficient (Wildman–Crippen LogP) is 3.67. The molecule has 0 bridgehead atoms. The minimum Gasteiger partial charge on any atom is -0.481 e. The number of carboxylic acids is 2. The number of aliphatic carboxylic acids is 2. The molecular weight excluding hydrogens is 368 g/mol. The average Bonchev–Trinajstić information content (AvgIpc) is 2.64. The lowest BCUT2D eigenvalue weighted by Gasteiger charge is -2.43. The summed E-state index contributed by atoms with van der Waals surface area (Å²) in [5.41, 5.74) is 0. The van der Waals surface area contributed by atoms with Gasteiger partial charge in [0.1, 0.15) is 5.92 Å². The van der Waals surface area contributed by atoms with E-state index in [1.807, 2.05) is 13.8 Å². The molecular formula is C20H38O8. The molecule has 1 unspecified atom stereocenters. The minimum absolute atomic E-state index is 0.0799. The van der Waals surface area contributed by atoms with E-state index in [-0.39, 0.29) is 19.3 Å². The van der Waals surface area contributed by atoms with Crippen molar-refractivity contribution in [3.05, 3.63) is 0 Å². The van der Waals surface area contributed by atoms with Crippen molar-refractivity contribution in [2.24, 2.45) is 5.92 Å². The van der Waals surface area contributed by atoms with Crippen LogP contribution in [0.3, 0.4) is 0 Å². The lowest BCUT2D eigenvalue weighted by Crippen LogP contribution is -2.58. The van der Waals surface area contributed by atoms with Crippen LogP contribution < -0.4 is 0 Å². The molecule has 0 aliphatic heterocycles. The number of rotatable bonds is 19. The van der Waals surface area contributed by atoms with Gasteiger partial charge >= 0.3 is 11.9 Å². The van der Waals surface area contributed by atoms with E-state index in [0.29, 0.717) is 26.4 Å². The highest BCUT2D eigenvalue weighted by Crippen LogP contribution is 2.35. The summed E-state index contributed by atoms with van der Waals surface area (Å²) in [5, 5.41) is 18.9. The van der Waals surface area contributed by atoms with E-state index >= 15 is 0 Å². The van der Waals surface area contributed by atoms with E-state index in [1.54, 1.807) is 13.8 Å². The van der Waals surface area contributed by atoms with E-state index in [1.165, 1.54) is 0 Å². The molecule has 1 atom stereocenters. The summed E-state index contributed by atoms with van der Waals surface area (Å²) in [7, 11) is 0. The van der Waals surface area contributed by atoms with Crippen LogP contribution in [0.1, 0.15) is 72.6 Å². The number of hydrogen-bond acceptors (Lipinski definition) is 6.